The number of methoxy groups -OCH3 is 1. The molecule has 1 aliphatic heterocycles. The van der Waals surface area contributed by atoms with Gasteiger partial charge < -0.3 is 10.1 Å². The van der Waals surface area contributed by atoms with E-state index in [-0.39, 0.29) is 18.8 Å². The summed E-state index contributed by atoms with van der Waals surface area (Å²) in [6.07, 6.45) is -0.167. The second-order valence-electron chi connectivity index (χ2n) is 4.56. The first-order chi connectivity index (χ1) is 10.9. The standard InChI is InChI=1S/C13H13N3O6S/c1-22-11(17)6-10-12(18)15(13(19)23-10)7-14-8-2-4-9(5-3-8)16(20)21/h2-5,10,14H,6-7H2,1H3/t10-/m1/s1. The highest BCUT2D eigenvalue weighted by molar-refractivity contribution is 8.15. The Morgan fingerprint density at radius 1 is 1.39 bits per heavy atom. The van der Waals surface area contributed by atoms with Crippen molar-refractivity contribution in [2.75, 3.05) is 19.1 Å². The Labute approximate surface area is 135 Å². The first-order valence-corrected chi connectivity index (χ1v) is 7.37. The molecule has 1 aromatic rings. The third kappa shape index (κ3) is 3.97. The highest BCUT2D eigenvalue weighted by Crippen LogP contribution is 2.29. The number of ether oxygens (including phenoxy) is 1. The lowest BCUT2D eigenvalue weighted by atomic mass is 10.2. The molecular formula is C13H13N3O6S. The number of hydrogen-bond donors (Lipinski definition) is 1. The van der Waals surface area contributed by atoms with Crippen LogP contribution in [0.2, 0.25) is 0 Å². The van der Waals surface area contributed by atoms with Crippen LogP contribution in [0.1, 0.15) is 6.42 Å². The molecule has 122 valence electrons. The Hall–Kier alpha value is -2.62. The number of nitro benzene ring substituents is 1. The average molecular weight is 339 g/mol. The van der Waals surface area contributed by atoms with E-state index in [0.29, 0.717) is 5.69 Å². The third-order valence-electron chi connectivity index (χ3n) is 3.10. The summed E-state index contributed by atoms with van der Waals surface area (Å²) in [5, 5.41) is 12.2. The molecule has 0 radical (unpaired) electrons. The number of nitrogens with one attached hydrogen (secondary N) is 1. The van der Waals surface area contributed by atoms with Crippen molar-refractivity contribution < 1.29 is 24.0 Å². The van der Waals surface area contributed by atoms with Crippen LogP contribution >= 0.6 is 11.8 Å². The van der Waals surface area contributed by atoms with Crippen molar-refractivity contribution >= 4 is 40.3 Å². The number of nitrogens with zero attached hydrogens (tertiary/aromatic N) is 2. The van der Waals surface area contributed by atoms with Gasteiger partial charge in [0.15, 0.2) is 0 Å². The Bertz CT molecular complexity index is 648. The summed E-state index contributed by atoms with van der Waals surface area (Å²) < 4.78 is 4.49. The molecule has 1 aromatic carbocycles. The van der Waals surface area contributed by atoms with E-state index in [4.69, 9.17) is 0 Å². The van der Waals surface area contributed by atoms with Gasteiger partial charge in [-0.15, -0.1) is 0 Å². The smallest absolute Gasteiger partial charge is 0.307 e. The molecule has 2 rings (SSSR count). The van der Waals surface area contributed by atoms with E-state index in [1.165, 1.54) is 31.4 Å². The maximum Gasteiger partial charge on any atom is 0.307 e. The molecule has 0 aromatic heterocycles. The summed E-state index contributed by atoms with van der Waals surface area (Å²) in [5.41, 5.74) is 0.468. The van der Waals surface area contributed by atoms with Crippen molar-refractivity contribution in [1.82, 2.24) is 4.90 Å². The van der Waals surface area contributed by atoms with Crippen molar-refractivity contribution in [3.63, 3.8) is 0 Å². The maximum absolute atomic E-state index is 12.1. The molecule has 0 aliphatic carbocycles. The van der Waals surface area contributed by atoms with Crippen LogP contribution < -0.4 is 5.32 Å². The molecule has 0 unspecified atom stereocenters. The molecule has 1 heterocycles. The van der Waals surface area contributed by atoms with Crippen LogP contribution in [-0.4, -0.2) is 46.0 Å². The molecule has 1 fully saturated rings. The van der Waals surface area contributed by atoms with E-state index in [0.717, 1.165) is 16.7 Å². The van der Waals surface area contributed by atoms with Gasteiger partial charge in [0.2, 0.25) is 5.91 Å². The predicted octanol–water partition coefficient (Wildman–Crippen LogP) is 1.59. The number of esters is 1. The van der Waals surface area contributed by atoms with Crippen LogP contribution in [0.15, 0.2) is 24.3 Å². The molecular weight excluding hydrogens is 326 g/mol. The third-order valence-corrected chi connectivity index (χ3v) is 4.18. The van der Waals surface area contributed by atoms with E-state index in [9.17, 15) is 24.5 Å². The Kier molecular flexibility index (Phi) is 5.16. The van der Waals surface area contributed by atoms with Gasteiger partial charge in [-0.1, -0.05) is 11.8 Å². The van der Waals surface area contributed by atoms with Crippen molar-refractivity contribution in [2.24, 2.45) is 0 Å². The molecule has 1 aliphatic rings. The normalized spacial score (nSPS) is 17.3. The molecule has 10 heteroatoms. The summed E-state index contributed by atoms with van der Waals surface area (Å²) in [6, 6.07) is 5.57. The lowest BCUT2D eigenvalue weighted by molar-refractivity contribution is -0.384. The number of amides is 2. The maximum atomic E-state index is 12.1. The number of thioether (sulfide) groups is 1. The fraction of sp³-hybridized carbons (Fsp3) is 0.308. The summed E-state index contributed by atoms with van der Waals surface area (Å²) >= 11 is 0.774. The number of non-ortho nitro benzene ring substituents is 1. The van der Waals surface area contributed by atoms with Crippen LogP contribution in [0.5, 0.6) is 0 Å². The van der Waals surface area contributed by atoms with Gasteiger partial charge in [0.25, 0.3) is 10.9 Å². The van der Waals surface area contributed by atoms with Crippen LogP contribution in [0.3, 0.4) is 0 Å². The molecule has 9 nitrogen and oxygen atoms in total. The summed E-state index contributed by atoms with van der Waals surface area (Å²) in [5.74, 6) is -1.03. The largest absolute Gasteiger partial charge is 0.469 e. The fourth-order valence-electron chi connectivity index (χ4n) is 1.88. The molecule has 1 atom stereocenters. The minimum Gasteiger partial charge on any atom is -0.469 e. The quantitative estimate of drug-likeness (QED) is 0.471. The van der Waals surface area contributed by atoms with Crippen LogP contribution in [-0.2, 0) is 14.3 Å². The van der Waals surface area contributed by atoms with Crippen molar-refractivity contribution in [1.29, 1.82) is 0 Å². The SMILES string of the molecule is COC(=O)C[C@H]1SC(=O)N(CNc2ccc([N+](=O)[O-])cc2)C1=O. The van der Waals surface area contributed by atoms with Crippen LogP contribution in [0, 0.1) is 10.1 Å². The van der Waals surface area contributed by atoms with Crippen molar-refractivity contribution in [3.8, 4) is 0 Å². The zero-order chi connectivity index (χ0) is 17.0. The fourth-order valence-corrected chi connectivity index (χ4v) is 2.85. The Balaban J connectivity index is 1.94. The summed E-state index contributed by atoms with van der Waals surface area (Å²) in [6.45, 7) is -0.0832. The summed E-state index contributed by atoms with van der Waals surface area (Å²) in [7, 11) is 1.21. The molecule has 1 N–H and O–H groups in total. The van der Waals surface area contributed by atoms with Gasteiger partial charge in [-0.05, 0) is 12.1 Å². The zero-order valence-corrected chi connectivity index (χ0v) is 12.9. The number of carbonyl (C=O) groups excluding carboxylic acids is 3. The van der Waals surface area contributed by atoms with E-state index in [1.807, 2.05) is 0 Å². The van der Waals surface area contributed by atoms with Crippen molar-refractivity contribution in [2.45, 2.75) is 11.7 Å². The Morgan fingerprint density at radius 2 is 2.04 bits per heavy atom. The number of benzene rings is 1. The minimum atomic E-state index is -0.784. The van der Waals surface area contributed by atoms with Gasteiger partial charge in [0.05, 0.1) is 25.1 Å². The van der Waals surface area contributed by atoms with Crippen molar-refractivity contribution in [3.05, 3.63) is 34.4 Å². The van der Waals surface area contributed by atoms with Gasteiger partial charge in [0.1, 0.15) is 5.25 Å². The molecule has 1 saturated heterocycles. The second kappa shape index (κ2) is 7.09. The zero-order valence-electron chi connectivity index (χ0n) is 12.1. The van der Waals surface area contributed by atoms with Gasteiger partial charge in [-0.25, -0.2) is 0 Å². The van der Waals surface area contributed by atoms with Crippen LogP contribution in [0.25, 0.3) is 0 Å². The van der Waals surface area contributed by atoms with Crippen LogP contribution in [0.4, 0.5) is 16.2 Å². The van der Waals surface area contributed by atoms with Gasteiger partial charge >= 0.3 is 5.97 Å². The first-order valence-electron chi connectivity index (χ1n) is 6.49. The Morgan fingerprint density at radius 3 is 2.61 bits per heavy atom. The number of nitro groups is 1. The average Bonchev–Trinajstić information content (AvgIpc) is 2.79. The molecule has 0 spiro atoms. The summed E-state index contributed by atoms with van der Waals surface area (Å²) in [4.78, 5) is 46.1. The molecule has 0 saturated carbocycles. The number of imide groups is 1. The van der Waals surface area contributed by atoms with E-state index < -0.39 is 27.3 Å². The molecule has 23 heavy (non-hydrogen) atoms. The topological polar surface area (TPSA) is 119 Å². The predicted molar refractivity (Wildman–Crippen MR) is 81.8 cm³/mol. The second-order valence-corrected chi connectivity index (χ2v) is 5.71. The lowest BCUT2D eigenvalue weighted by Gasteiger charge is -2.15. The van der Waals surface area contributed by atoms with Gasteiger partial charge in [-0.3, -0.25) is 29.4 Å². The number of anilines is 1. The highest BCUT2D eigenvalue weighted by atomic mass is 32.2. The van der Waals surface area contributed by atoms with E-state index in [2.05, 4.69) is 10.1 Å². The molecule has 2 amide bonds. The monoisotopic (exact) mass is 339 g/mol. The lowest BCUT2D eigenvalue weighted by Crippen LogP contribution is -2.36. The number of hydrogen-bond acceptors (Lipinski definition) is 8. The van der Waals surface area contributed by atoms with E-state index in [1.54, 1.807) is 0 Å². The highest BCUT2D eigenvalue weighted by Gasteiger charge is 2.40. The first kappa shape index (κ1) is 16.7. The van der Waals surface area contributed by atoms with Gasteiger partial charge in [-0.2, -0.15) is 0 Å². The number of carbonyl (C=O) groups is 3. The van der Waals surface area contributed by atoms with E-state index >= 15 is 0 Å². The van der Waals surface area contributed by atoms with Gasteiger partial charge in [0, 0.05) is 17.8 Å². The number of rotatable bonds is 6. The molecule has 0 bridgehead atoms. The minimum absolute atomic E-state index is 0.0578.